The number of primary amides is 1. The summed E-state index contributed by atoms with van der Waals surface area (Å²) in [5.74, 6) is -0.0303. The predicted octanol–water partition coefficient (Wildman–Crippen LogP) is 1.45. The second-order valence-electron chi connectivity index (χ2n) is 5.02. The van der Waals surface area contributed by atoms with E-state index in [4.69, 9.17) is 14.9 Å². The number of aryl methyl sites for hydroxylation is 2. The standard InChI is InChI=1S/C15H15NO4/c1-8-12(19-7-13(16)17)6-5-10-9-3-2-4-11(9)15(18)20-14(8)10/h5-6H,2-4,7H2,1H3,(H2,16,17). The lowest BCUT2D eigenvalue weighted by molar-refractivity contribution is -0.119. The van der Waals surface area contributed by atoms with Gasteiger partial charge >= 0.3 is 5.63 Å². The Morgan fingerprint density at radius 3 is 2.85 bits per heavy atom. The van der Waals surface area contributed by atoms with Crippen LogP contribution in [0.1, 0.15) is 23.1 Å². The van der Waals surface area contributed by atoms with Crippen molar-refractivity contribution in [2.24, 2.45) is 5.73 Å². The van der Waals surface area contributed by atoms with E-state index in [0.29, 0.717) is 11.3 Å². The number of nitrogens with two attached hydrogens (primary N) is 1. The van der Waals surface area contributed by atoms with Gasteiger partial charge in [-0.3, -0.25) is 4.79 Å². The SMILES string of the molecule is Cc1c(OCC(N)=O)ccc2c3c(c(=O)oc12)CCC3. The van der Waals surface area contributed by atoms with Crippen LogP contribution in [0.15, 0.2) is 21.3 Å². The zero-order chi connectivity index (χ0) is 14.3. The van der Waals surface area contributed by atoms with Crippen molar-refractivity contribution < 1.29 is 13.9 Å². The minimum atomic E-state index is -0.542. The third-order valence-corrected chi connectivity index (χ3v) is 3.71. The molecule has 1 aliphatic rings. The smallest absolute Gasteiger partial charge is 0.339 e. The molecule has 1 aromatic heterocycles. The van der Waals surface area contributed by atoms with E-state index in [-0.39, 0.29) is 12.2 Å². The van der Waals surface area contributed by atoms with Crippen LogP contribution in [0.3, 0.4) is 0 Å². The summed E-state index contributed by atoms with van der Waals surface area (Å²) in [6, 6.07) is 3.67. The maximum absolute atomic E-state index is 12.0. The van der Waals surface area contributed by atoms with Gasteiger partial charge in [0.15, 0.2) is 6.61 Å². The van der Waals surface area contributed by atoms with Crippen molar-refractivity contribution in [3.8, 4) is 5.75 Å². The topological polar surface area (TPSA) is 82.5 Å². The van der Waals surface area contributed by atoms with Gasteiger partial charge in [0.05, 0.1) is 0 Å². The molecule has 1 aliphatic carbocycles. The fourth-order valence-corrected chi connectivity index (χ4v) is 2.77. The van der Waals surface area contributed by atoms with Gasteiger partial charge in [0.1, 0.15) is 11.3 Å². The maximum Gasteiger partial charge on any atom is 0.339 e. The first-order valence-electron chi connectivity index (χ1n) is 6.57. The van der Waals surface area contributed by atoms with Crippen LogP contribution in [-0.4, -0.2) is 12.5 Å². The maximum atomic E-state index is 12.0. The second kappa shape index (κ2) is 4.67. The molecule has 5 heteroatoms. The number of hydrogen-bond acceptors (Lipinski definition) is 4. The quantitative estimate of drug-likeness (QED) is 0.858. The molecule has 0 spiro atoms. The summed E-state index contributed by atoms with van der Waals surface area (Å²) >= 11 is 0. The van der Waals surface area contributed by atoms with Gasteiger partial charge in [0, 0.05) is 16.5 Å². The summed E-state index contributed by atoms with van der Waals surface area (Å²) in [6.07, 6.45) is 2.67. The van der Waals surface area contributed by atoms with Crippen molar-refractivity contribution in [2.45, 2.75) is 26.2 Å². The van der Waals surface area contributed by atoms with E-state index in [1.54, 1.807) is 6.07 Å². The number of hydrogen-bond donors (Lipinski definition) is 1. The third kappa shape index (κ3) is 1.95. The van der Waals surface area contributed by atoms with Crippen LogP contribution in [0.2, 0.25) is 0 Å². The summed E-state index contributed by atoms with van der Waals surface area (Å²) < 4.78 is 10.8. The highest BCUT2D eigenvalue weighted by atomic mass is 16.5. The molecule has 3 rings (SSSR count). The number of carbonyl (C=O) groups excluding carboxylic acids is 1. The minimum Gasteiger partial charge on any atom is -0.483 e. The van der Waals surface area contributed by atoms with E-state index < -0.39 is 5.91 Å². The van der Waals surface area contributed by atoms with Gasteiger partial charge in [-0.15, -0.1) is 0 Å². The largest absolute Gasteiger partial charge is 0.483 e. The minimum absolute atomic E-state index is 0.193. The molecular formula is C15H15NO4. The van der Waals surface area contributed by atoms with E-state index in [1.807, 2.05) is 13.0 Å². The molecule has 1 aromatic carbocycles. The predicted molar refractivity (Wildman–Crippen MR) is 73.9 cm³/mol. The molecule has 0 atom stereocenters. The van der Waals surface area contributed by atoms with E-state index in [9.17, 15) is 9.59 Å². The molecule has 20 heavy (non-hydrogen) atoms. The second-order valence-corrected chi connectivity index (χ2v) is 5.02. The van der Waals surface area contributed by atoms with Crippen LogP contribution < -0.4 is 16.1 Å². The molecule has 0 fully saturated rings. The summed E-state index contributed by atoms with van der Waals surface area (Å²) in [4.78, 5) is 22.8. The summed E-state index contributed by atoms with van der Waals surface area (Å²) in [6.45, 7) is 1.62. The average molecular weight is 273 g/mol. The molecule has 0 bridgehead atoms. The highest BCUT2D eigenvalue weighted by molar-refractivity contribution is 5.86. The monoisotopic (exact) mass is 273 g/mol. The number of amides is 1. The molecule has 2 aromatic rings. The van der Waals surface area contributed by atoms with Crippen LogP contribution in [0.25, 0.3) is 11.0 Å². The highest BCUT2D eigenvalue weighted by Crippen LogP contribution is 2.32. The number of fused-ring (bicyclic) bond motifs is 3. The molecule has 5 nitrogen and oxygen atoms in total. The first-order valence-corrected chi connectivity index (χ1v) is 6.57. The van der Waals surface area contributed by atoms with E-state index in [0.717, 1.165) is 41.3 Å². The molecule has 0 saturated heterocycles. The van der Waals surface area contributed by atoms with Crippen molar-refractivity contribution in [2.75, 3.05) is 6.61 Å². The molecule has 0 saturated carbocycles. The normalized spacial score (nSPS) is 13.4. The van der Waals surface area contributed by atoms with Gasteiger partial charge in [-0.05, 0) is 43.9 Å². The van der Waals surface area contributed by atoms with E-state index >= 15 is 0 Å². The Labute approximate surface area is 115 Å². The van der Waals surface area contributed by atoms with Gasteiger partial charge in [0.25, 0.3) is 5.91 Å². The van der Waals surface area contributed by atoms with E-state index in [1.165, 1.54) is 0 Å². The Hall–Kier alpha value is -2.30. The molecule has 1 heterocycles. The van der Waals surface area contributed by atoms with Crippen molar-refractivity contribution >= 4 is 16.9 Å². The summed E-state index contributed by atoms with van der Waals surface area (Å²) in [5, 5.41) is 0.959. The number of rotatable bonds is 3. The van der Waals surface area contributed by atoms with Gasteiger partial charge < -0.3 is 14.9 Å². The zero-order valence-corrected chi connectivity index (χ0v) is 11.2. The Morgan fingerprint density at radius 2 is 2.10 bits per heavy atom. The Kier molecular flexibility index (Phi) is 2.97. The number of ether oxygens (including phenoxy) is 1. The van der Waals surface area contributed by atoms with Crippen LogP contribution in [-0.2, 0) is 17.6 Å². The lowest BCUT2D eigenvalue weighted by Crippen LogP contribution is -2.20. The Morgan fingerprint density at radius 1 is 1.35 bits per heavy atom. The molecule has 0 radical (unpaired) electrons. The van der Waals surface area contributed by atoms with Gasteiger partial charge in [-0.1, -0.05) is 0 Å². The number of carbonyl (C=O) groups is 1. The van der Waals surface area contributed by atoms with Crippen LogP contribution in [0, 0.1) is 6.92 Å². The lowest BCUT2D eigenvalue weighted by atomic mass is 10.0. The van der Waals surface area contributed by atoms with Crippen molar-refractivity contribution in [3.05, 3.63) is 39.2 Å². The molecule has 104 valence electrons. The molecule has 2 N–H and O–H groups in total. The van der Waals surface area contributed by atoms with Crippen LogP contribution >= 0.6 is 0 Å². The van der Waals surface area contributed by atoms with Gasteiger partial charge in [0.2, 0.25) is 0 Å². The molecule has 0 aliphatic heterocycles. The molecular weight excluding hydrogens is 258 g/mol. The fraction of sp³-hybridized carbons (Fsp3) is 0.333. The molecule has 1 amide bonds. The number of benzene rings is 1. The van der Waals surface area contributed by atoms with Crippen molar-refractivity contribution in [1.29, 1.82) is 0 Å². The first kappa shape index (κ1) is 12.7. The Bertz CT molecular complexity index is 761. The van der Waals surface area contributed by atoms with Gasteiger partial charge in [-0.2, -0.15) is 0 Å². The van der Waals surface area contributed by atoms with Crippen LogP contribution in [0.5, 0.6) is 5.75 Å². The van der Waals surface area contributed by atoms with Crippen molar-refractivity contribution in [3.63, 3.8) is 0 Å². The zero-order valence-electron chi connectivity index (χ0n) is 11.2. The third-order valence-electron chi connectivity index (χ3n) is 3.71. The fourth-order valence-electron chi connectivity index (χ4n) is 2.77. The first-order chi connectivity index (χ1) is 9.58. The average Bonchev–Trinajstić information content (AvgIpc) is 2.89. The van der Waals surface area contributed by atoms with Gasteiger partial charge in [-0.25, -0.2) is 4.79 Å². The van der Waals surface area contributed by atoms with Crippen molar-refractivity contribution in [1.82, 2.24) is 0 Å². The Balaban J connectivity index is 2.16. The summed E-state index contributed by atoms with van der Waals surface area (Å²) in [5.41, 5.74) is 7.94. The highest BCUT2D eigenvalue weighted by Gasteiger charge is 2.21. The molecule has 0 unspecified atom stereocenters. The van der Waals surface area contributed by atoms with Crippen LogP contribution in [0.4, 0.5) is 0 Å². The summed E-state index contributed by atoms with van der Waals surface area (Å²) in [7, 11) is 0. The van der Waals surface area contributed by atoms with E-state index in [2.05, 4.69) is 0 Å². The lowest BCUT2D eigenvalue weighted by Gasteiger charge is -2.11.